The molecule has 3 heterocycles. The SMILES string of the molecule is O=C(NCc1cccc2ccccc12)N1CCC(c2nnc(-c3ccoc3)o2)CC1. The Morgan fingerprint density at radius 3 is 2.73 bits per heavy atom. The van der Waals surface area contributed by atoms with Gasteiger partial charge in [-0.15, -0.1) is 10.2 Å². The third-order valence-electron chi connectivity index (χ3n) is 5.65. The van der Waals surface area contributed by atoms with Crippen LogP contribution in [0.3, 0.4) is 0 Å². The Kier molecular flexibility index (Phi) is 4.93. The second-order valence-electron chi connectivity index (χ2n) is 7.52. The topological polar surface area (TPSA) is 84.4 Å². The summed E-state index contributed by atoms with van der Waals surface area (Å²) < 4.78 is 10.9. The molecular weight excluding hydrogens is 380 g/mol. The van der Waals surface area contributed by atoms with Gasteiger partial charge < -0.3 is 19.1 Å². The van der Waals surface area contributed by atoms with Crippen molar-refractivity contribution in [1.29, 1.82) is 0 Å². The molecule has 1 fully saturated rings. The number of benzene rings is 2. The van der Waals surface area contributed by atoms with Gasteiger partial charge in [0.1, 0.15) is 6.26 Å². The van der Waals surface area contributed by atoms with Crippen LogP contribution in [0.15, 0.2) is 69.9 Å². The number of carbonyl (C=O) groups is 1. The molecule has 0 spiro atoms. The molecule has 0 unspecified atom stereocenters. The average molecular weight is 402 g/mol. The Morgan fingerprint density at radius 2 is 1.90 bits per heavy atom. The van der Waals surface area contributed by atoms with E-state index in [9.17, 15) is 4.79 Å². The fourth-order valence-electron chi connectivity index (χ4n) is 3.96. The summed E-state index contributed by atoms with van der Waals surface area (Å²) in [7, 11) is 0. The first-order valence-electron chi connectivity index (χ1n) is 10.1. The van der Waals surface area contributed by atoms with Crippen molar-refractivity contribution in [3.05, 3.63) is 72.5 Å². The standard InChI is InChI=1S/C23H22N4O3/c28-23(24-14-18-6-3-5-16-4-1-2-7-20(16)18)27-11-8-17(9-12-27)21-25-26-22(30-21)19-10-13-29-15-19/h1-7,10,13,15,17H,8-9,11-12,14H2,(H,24,28). The van der Waals surface area contributed by atoms with E-state index < -0.39 is 0 Å². The molecule has 1 aliphatic heterocycles. The van der Waals surface area contributed by atoms with Crippen molar-refractivity contribution in [1.82, 2.24) is 20.4 Å². The number of piperidine rings is 1. The van der Waals surface area contributed by atoms with Gasteiger partial charge in [0.15, 0.2) is 0 Å². The van der Waals surface area contributed by atoms with E-state index in [0.717, 1.165) is 24.0 Å². The van der Waals surface area contributed by atoms with Crippen molar-refractivity contribution < 1.29 is 13.6 Å². The van der Waals surface area contributed by atoms with Crippen LogP contribution < -0.4 is 5.32 Å². The number of likely N-dealkylation sites (tertiary alicyclic amines) is 1. The molecule has 1 aliphatic rings. The highest BCUT2D eigenvalue weighted by Crippen LogP contribution is 2.29. The van der Waals surface area contributed by atoms with Crippen molar-refractivity contribution in [3.8, 4) is 11.5 Å². The monoisotopic (exact) mass is 402 g/mol. The number of hydrogen-bond donors (Lipinski definition) is 1. The fourth-order valence-corrected chi connectivity index (χ4v) is 3.96. The second-order valence-corrected chi connectivity index (χ2v) is 7.52. The van der Waals surface area contributed by atoms with Gasteiger partial charge in [-0.1, -0.05) is 42.5 Å². The van der Waals surface area contributed by atoms with Gasteiger partial charge in [0.05, 0.1) is 11.8 Å². The maximum absolute atomic E-state index is 12.7. The van der Waals surface area contributed by atoms with Gasteiger partial charge in [-0.05, 0) is 35.2 Å². The van der Waals surface area contributed by atoms with E-state index in [4.69, 9.17) is 8.83 Å². The van der Waals surface area contributed by atoms with E-state index in [2.05, 4.69) is 39.8 Å². The molecule has 0 aliphatic carbocycles. The first kappa shape index (κ1) is 18.4. The lowest BCUT2D eigenvalue weighted by Gasteiger charge is -2.30. The minimum Gasteiger partial charge on any atom is -0.472 e. The average Bonchev–Trinajstić information content (AvgIpc) is 3.49. The summed E-state index contributed by atoms with van der Waals surface area (Å²) in [5.41, 5.74) is 1.90. The number of furan rings is 1. The lowest BCUT2D eigenvalue weighted by atomic mass is 9.97. The Labute approximate surface area is 173 Å². The molecule has 2 amide bonds. The number of nitrogens with one attached hydrogen (secondary N) is 1. The van der Waals surface area contributed by atoms with Crippen LogP contribution in [0.4, 0.5) is 4.79 Å². The zero-order valence-corrected chi connectivity index (χ0v) is 16.5. The summed E-state index contributed by atoms with van der Waals surface area (Å²) >= 11 is 0. The van der Waals surface area contributed by atoms with E-state index in [1.165, 1.54) is 10.8 Å². The van der Waals surface area contributed by atoms with Crippen molar-refractivity contribution in [2.24, 2.45) is 0 Å². The number of rotatable bonds is 4. The van der Waals surface area contributed by atoms with Crippen LogP contribution in [0.5, 0.6) is 0 Å². The molecule has 0 bridgehead atoms. The molecule has 0 saturated carbocycles. The smallest absolute Gasteiger partial charge is 0.317 e. The normalized spacial score (nSPS) is 14.9. The van der Waals surface area contributed by atoms with Gasteiger partial charge in [-0.3, -0.25) is 0 Å². The maximum Gasteiger partial charge on any atom is 0.317 e. The summed E-state index contributed by atoms with van der Waals surface area (Å²) in [6.07, 6.45) is 4.76. The number of hydrogen-bond acceptors (Lipinski definition) is 5. The highest BCUT2D eigenvalue weighted by molar-refractivity contribution is 5.86. The summed E-state index contributed by atoms with van der Waals surface area (Å²) in [5.74, 6) is 1.26. The molecule has 0 radical (unpaired) electrons. The van der Waals surface area contributed by atoms with E-state index in [1.807, 2.05) is 23.1 Å². The lowest BCUT2D eigenvalue weighted by Crippen LogP contribution is -2.43. The number of amides is 2. The minimum absolute atomic E-state index is 0.0361. The van der Waals surface area contributed by atoms with Crippen LogP contribution >= 0.6 is 0 Å². The molecule has 1 saturated heterocycles. The van der Waals surface area contributed by atoms with Crippen molar-refractivity contribution in [3.63, 3.8) is 0 Å². The van der Waals surface area contributed by atoms with Gasteiger partial charge in [-0.2, -0.15) is 0 Å². The quantitative estimate of drug-likeness (QED) is 0.540. The fraction of sp³-hybridized carbons (Fsp3) is 0.261. The van der Waals surface area contributed by atoms with Crippen LogP contribution in [-0.4, -0.2) is 34.2 Å². The summed E-state index contributed by atoms with van der Waals surface area (Å²) in [6.45, 7) is 1.84. The molecule has 1 N–H and O–H groups in total. The maximum atomic E-state index is 12.7. The highest BCUT2D eigenvalue weighted by atomic mass is 16.4. The number of urea groups is 1. The van der Waals surface area contributed by atoms with Crippen LogP contribution in [0.25, 0.3) is 22.2 Å². The van der Waals surface area contributed by atoms with Crippen LogP contribution in [0, 0.1) is 0 Å². The van der Waals surface area contributed by atoms with E-state index in [1.54, 1.807) is 18.6 Å². The molecule has 7 heteroatoms. The molecule has 7 nitrogen and oxygen atoms in total. The number of fused-ring (bicyclic) bond motifs is 1. The largest absolute Gasteiger partial charge is 0.472 e. The minimum atomic E-state index is -0.0361. The zero-order valence-electron chi connectivity index (χ0n) is 16.5. The van der Waals surface area contributed by atoms with Gasteiger partial charge in [0.2, 0.25) is 5.89 Å². The van der Waals surface area contributed by atoms with Crippen LogP contribution in [0.2, 0.25) is 0 Å². The molecule has 5 rings (SSSR count). The van der Waals surface area contributed by atoms with E-state index in [-0.39, 0.29) is 11.9 Å². The van der Waals surface area contributed by atoms with Gasteiger partial charge in [-0.25, -0.2) is 4.79 Å². The van der Waals surface area contributed by atoms with Crippen LogP contribution in [0.1, 0.15) is 30.2 Å². The Balaban J connectivity index is 1.17. The van der Waals surface area contributed by atoms with Crippen LogP contribution in [-0.2, 0) is 6.54 Å². The molecule has 152 valence electrons. The summed E-state index contributed by atoms with van der Waals surface area (Å²) in [5, 5.41) is 13.7. The van der Waals surface area contributed by atoms with E-state index in [0.29, 0.717) is 31.4 Å². The second kappa shape index (κ2) is 8.02. The molecule has 4 aromatic rings. The third kappa shape index (κ3) is 3.66. The zero-order chi connectivity index (χ0) is 20.3. The van der Waals surface area contributed by atoms with Gasteiger partial charge >= 0.3 is 6.03 Å². The van der Waals surface area contributed by atoms with Crippen molar-refractivity contribution in [2.45, 2.75) is 25.3 Å². The molecule has 0 atom stereocenters. The number of nitrogens with zero attached hydrogens (tertiary/aromatic N) is 3. The van der Waals surface area contributed by atoms with Gasteiger partial charge in [0.25, 0.3) is 5.89 Å². The molecule has 30 heavy (non-hydrogen) atoms. The highest BCUT2D eigenvalue weighted by Gasteiger charge is 2.27. The van der Waals surface area contributed by atoms with Crippen molar-refractivity contribution >= 4 is 16.8 Å². The first-order chi connectivity index (χ1) is 14.8. The Morgan fingerprint density at radius 1 is 1.07 bits per heavy atom. The first-order valence-corrected chi connectivity index (χ1v) is 10.1. The predicted octanol–water partition coefficient (Wildman–Crippen LogP) is 4.57. The van der Waals surface area contributed by atoms with E-state index >= 15 is 0 Å². The summed E-state index contributed by atoms with van der Waals surface area (Å²) in [4.78, 5) is 14.5. The lowest BCUT2D eigenvalue weighted by molar-refractivity contribution is 0.177. The molecule has 2 aromatic carbocycles. The summed E-state index contributed by atoms with van der Waals surface area (Å²) in [6, 6.07) is 16.1. The Hall–Kier alpha value is -3.61. The number of aromatic nitrogens is 2. The van der Waals surface area contributed by atoms with Crippen molar-refractivity contribution in [2.75, 3.05) is 13.1 Å². The van der Waals surface area contributed by atoms with Gasteiger partial charge in [0, 0.05) is 25.6 Å². The molecule has 2 aromatic heterocycles. The predicted molar refractivity (Wildman–Crippen MR) is 112 cm³/mol. The Bertz CT molecular complexity index is 1140. The third-order valence-corrected chi connectivity index (χ3v) is 5.65. The molecular formula is C23H22N4O3. The number of carbonyl (C=O) groups excluding carboxylic acids is 1.